The number of aliphatic hydroxyl groups excluding tert-OH is 1. The van der Waals surface area contributed by atoms with Gasteiger partial charge in [0.2, 0.25) is 5.82 Å². The molecule has 0 saturated carbocycles. The number of aliphatic hydroxyl groups is 1. The molecule has 146 valence electrons. The highest BCUT2D eigenvalue weighted by atomic mass is 19.4. The fraction of sp³-hybridized carbons (Fsp3) is 0.300. The van der Waals surface area contributed by atoms with Gasteiger partial charge in [-0.25, -0.2) is 0 Å². The van der Waals surface area contributed by atoms with Crippen LogP contribution in [0.4, 0.5) is 13.2 Å². The van der Waals surface area contributed by atoms with Gasteiger partial charge in [-0.3, -0.25) is 0 Å². The lowest BCUT2D eigenvalue weighted by Gasteiger charge is -2.13. The van der Waals surface area contributed by atoms with E-state index in [1.54, 1.807) is 13.0 Å². The van der Waals surface area contributed by atoms with Crippen molar-refractivity contribution in [1.29, 1.82) is 0 Å². The number of rotatable bonds is 4. The van der Waals surface area contributed by atoms with Gasteiger partial charge in [0.1, 0.15) is 5.75 Å². The largest absolute Gasteiger partial charge is 0.493 e. The zero-order chi connectivity index (χ0) is 19.9. The van der Waals surface area contributed by atoms with E-state index in [9.17, 15) is 18.3 Å². The number of benzene rings is 2. The van der Waals surface area contributed by atoms with Crippen LogP contribution < -0.4 is 4.74 Å². The van der Waals surface area contributed by atoms with Gasteiger partial charge in [0.05, 0.1) is 18.3 Å². The summed E-state index contributed by atoms with van der Waals surface area (Å²) in [5.74, 6) is 0.0245. The van der Waals surface area contributed by atoms with Crippen LogP contribution in [-0.2, 0) is 12.6 Å². The molecule has 1 aliphatic carbocycles. The average Bonchev–Trinajstić information content (AvgIpc) is 3.29. The predicted octanol–water partition coefficient (Wildman–Crippen LogP) is 4.80. The Labute approximate surface area is 158 Å². The molecular formula is C20H17F3N2O3. The smallest absolute Gasteiger partial charge is 0.419 e. The van der Waals surface area contributed by atoms with Gasteiger partial charge in [-0.1, -0.05) is 23.4 Å². The monoisotopic (exact) mass is 390 g/mol. The second-order valence-corrected chi connectivity index (χ2v) is 6.49. The second-order valence-electron chi connectivity index (χ2n) is 6.49. The minimum absolute atomic E-state index is 0.0142. The van der Waals surface area contributed by atoms with E-state index in [1.165, 1.54) is 12.1 Å². The number of fused-ring (bicyclic) bond motifs is 1. The van der Waals surface area contributed by atoms with Crippen molar-refractivity contribution in [3.05, 3.63) is 53.1 Å². The molecule has 1 atom stereocenters. The molecule has 1 aromatic heterocycles. The molecule has 28 heavy (non-hydrogen) atoms. The lowest BCUT2D eigenvalue weighted by molar-refractivity contribution is -0.138. The van der Waals surface area contributed by atoms with E-state index in [0.717, 1.165) is 17.2 Å². The normalized spacial score (nSPS) is 16.2. The number of alkyl halides is 3. The molecule has 1 unspecified atom stereocenters. The Bertz CT molecular complexity index is 1010. The molecule has 4 rings (SSSR count). The fourth-order valence-electron chi connectivity index (χ4n) is 3.46. The zero-order valence-corrected chi connectivity index (χ0v) is 15.0. The Morgan fingerprint density at radius 3 is 2.82 bits per heavy atom. The first-order valence-corrected chi connectivity index (χ1v) is 8.87. The Morgan fingerprint density at radius 1 is 1.25 bits per heavy atom. The van der Waals surface area contributed by atoms with Gasteiger partial charge in [-0.2, -0.15) is 18.2 Å². The molecule has 0 bridgehead atoms. The van der Waals surface area contributed by atoms with E-state index in [-0.39, 0.29) is 29.6 Å². The first-order valence-electron chi connectivity index (χ1n) is 8.87. The van der Waals surface area contributed by atoms with Gasteiger partial charge < -0.3 is 14.4 Å². The molecule has 2 aromatic carbocycles. The van der Waals surface area contributed by atoms with Crippen LogP contribution in [0.3, 0.4) is 0 Å². The lowest BCUT2D eigenvalue weighted by atomic mass is 10.0. The molecule has 5 nitrogen and oxygen atoms in total. The molecule has 0 spiro atoms. The van der Waals surface area contributed by atoms with Crippen molar-refractivity contribution >= 4 is 0 Å². The first-order chi connectivity index (χ1) is 13.4. The van der Waals surface area contributed by atoms with E-state index in [1.807, 2.05) is 12.1 Å². The minimum atomic E-state index is -4.57. The molecule has 0 aliphatic heterocycles. The SMILES string of the molecule is CCOc1ccc(-c2nc(-c3cccc4c3CCC4O)no2)cc1C(F)(F)F. The van der Waals surface area contributed by atoms with E-state index >= 15 is 0 Å². The van der Waals surface area contributed by atoms with Crippen LogP contribution in [0.1, 0.15) is 36.1 Å². The minimum Gasteiger partial charge on any atom is -0.493 e. The molecule has 0 saturated heterocycles. The van der Waals surface area contributed by atoms with Crippen LogP contribution >= 0.6 is 0 Å². The van der Waals surface area contributed by atoms with Crippen molar-refractivity contribution < 1.29 is 27.5 Å². The predicted molar refractivity (Wildman–Crippen MR) is 94.6 cm³/mol. The van der Waals surface area contributed by atoms with Crippen LogP contribution in [0.25, 0.3) is 22.8 Å². The Kier molecular flexibility index (Phi) is 4.58. The fourth-order valence-corrected chi connectivity index (χ4v) is 3.46. The highest BCUT2D eigenvalue weighted by molar-refractivity contribution is 5.66. The summed E-state index contributed by atoms with van der Waals surface area (Å²) in [7, 11) is 0. The number of nitrogens with zero attached hydrogens (tertiary/aromatic N) is 2. The maximum atomic E-state index is 13.4. The van der Waals surface area contributed by atoms with Crippen molar-refractivity contribution in [1.82, 2.24) is 10.1 Å². The number of hydrogen-bond acceptors (Lipinski definition) is 5. The summed E-state index contributed by atoms with van der Waals surface area (Å²) in [6.45, 7) is 1.74. The van der Waals surface area contributed by atoms with Crippen LogP contribution in [0.15, 0.2) is 40.9 Å². The number of ether oxygens (including phenoxy) is 1. The Balaban J connectivity index is 1.73. The molecule has 0 radical (unpaired) electrons. The average molecular weight is 390 g/mol. The van der Waals surface area contributed by atoms with Crippen molar-refractivity contribution in [2.24, 2.45) is 0 Å². The van der Waals surface area contributed by atoms with E-state index in [4.69, 9.17) is 9.26 Å². The maximum Gasteiger partial charge on any atom is 0.419 e. The van der Waals surface area contributed by atoms with Crippen LogP contribution in [0.5, 0.6) is 5.75 Å². The van der Waals surface area contributed by atoms with Crippen LogP contribution in [0, 0.1) is 0 Å². The number of aromatic nitrogens is 2. The number of halogens is 3. The third-order valence-electron chi connectivity index (χ3n) is 4.74. The summed E-state index contributed by atoms with van der Waals surface area (Å²) in [4.78, 5) is 4.28. The maximum absolute atomic E-state index is 13.4. The lowest BCUT2D eigenvalue weighted by Crippen LogP contribution is -2.08. The molecule has 3 aromatic rings. The van der Waals surface area contributed by atoms with Crippen molar-refractivity contribution in [2.75, 3.05) is 6.61 Å². The third-order valence-corrected chi connectivity index (χ3v) is 4.74. The molecule has 1 N–H and O–H groups in total. The van der Waals surface area contributed by atoms with Crippen molar-refractivity contribution in [2.45, 2.75) is 32.0 Å². The summed E-state index contributed by atoms with van der Waals surface area (Å²) < 4.78 is 50.4. The van der Waals surface area contributed by atoms with Gasteiger partial charge in [0, 0.05) is 11.1 Å². The van der Waals surface area contributed by atoms with Crippen molar-refractivity contribution in [3.63, 3.8) is 0 Å². The van der Waals surface area contributed by atoms with Gasteiger partial charge >= 0.3 is 6.18 Å². The molecule has 0 fully saturated rings. The first kappa shape index (κ1) is 18.5. The summed E-state index contributed by atoms with van der Waals surface area (Å²) in [6, 6.07) is 9.10. The van der Waals surface area contributed by atoms with Gasteiger partial charge in [-0.15, -0.1) is 0 Å². The molecule has 1 aliphatic rings. The van der Waals surface area contributed by atoms with Crippen LogP contribution in [-0.4, -0.2) is 21.9 Å². The summed E-state index contributed by atoms with van der Waals surface area (Å²) in [5.41, 5.74) is 1.73. The highest BCUT2D eigenvalue weighted by Gasteiger charge is 2.35. The van der Waals surface area contributed by atoms with Gasteiger partial charge in [0.15, 0.2) is 0 Å². The summed E-state index contributed by atoms with van der Waals surface area (Å²) in [5, 5.41) is 14.0. The third kappa shape index (κ3) is 3.24. The number of hydrogen-bond donors (Lipinski definition) is 1. The Morgan fingerprint density at radius 2 is 2.07 bits per heavy atom. The molecular weight excluding hydrogens is 373 g/mol. The zero-order valence-electron chi connectivity index (χ0n) is 15.0. The van der Waals surface area contributed by atoms with Gasteiger partial charge in [-0.05, 0) is 49.1 Å². The quantitative estimate of drug-likeness (QED) is 0.693. The van der Waals surface area contributed by atoms with E-state index in [2.05, 4.69) is 10.1 Å². The van der Waals surface area contributed by atoms with Crippen molar-refractivity contribution in [3.8, 4) is 28.6 Å². The highest BCUT2D eigenvalue weighted by Crippen LogP contribution is 2.40. The summed E-state index contributed by atoms with van der Waals surface area (Å²) in [6.07, 6.45) is -3.80. The topological polar surface area (TPSA) is 68.4 Å². The van der Waals surface area contributed by atoms with E-state index < -0.39 is 17.8 Å². The summed E-state index contributed by atoms with van der Waals surface area (Å²) >= 11 is 0. The molecule has 0 amide bonds. The second kappa shape index (κ2) is 6.94. The van der Waals surface area contributed by atoms with E-state index in [0.29, 0.717) is 18.4 Å². The standard InChI is InChI=1S/C20H17F3N2O3/c1-2-27-17-9-6-11(10-15(17)20(21,22)23)19-24-18(25-28-19)14-5-3-4-13-12(14)7-8-16(13)26/h3-6,9-10,16,26H,2,7-8H2,1H3. The van der Waals surface area contributed by atoms with Gasteiger partial charge in [0.25, 0.3) is 5.89 Å². The Hall–Kier alpha value is -2.87. The van der Waals surface area contributed by atoms with Crippen LogP contribution in [0.2, 0.25) is 0 Å². The molecule has 1 heterocycles. The molecule has 8 heteroatoms.